The second-order valence-electron chi connectivity index (χ2n) is 3.97. The van der Waals surface area contributed by atoms with Crippen LogP contribution in [0.4, 0.5) is 0 Å². The van der Waals surface area contributed by atoms with Gasteiger partial charge in [0, 0.05) is 0 Å². The van der Waals surface area contributed by atoms with Crippen LogP contribution in [0.3, 0.4) is 0 Å². The molecule has 2 atom stereocenters. The van der Waals surface area contributed by atoms with Gasteiger partial charge in [0.1, 0.15) is 0 Å². The third-order valence-electron chi connectivity index (χ3n) is 2.83. The minimum atomic E-state index is 0.573. The fourth-order valence-corrected chi connectivity index (χ4v) is 1.58. The smallest absolute Gasteiger partial charge is 0.0130 e. The Labute approximate surface area is 93.3 Å². The van der Waals surface area contributed by atoms with Crippen molar-refractivity contribution in [2.24, 2.45) is 5.92 Å². The van der Waals surface area contributed by atoms with Gasteiger partial charge in [-0.1, -0.05) is 68.5 Å². The fraction of sp³-hybridized carbons (Fsp3) is 0.333. The SMILES string of the molecule is C/C=C\C=C/C(C)C(C)c1ccccc1. The highest BCUT2D eigenvalue weighted by atomic mass is 14.1. The van der Waals surface area contributed by atoms with Crippen molar-refractivity contribution in [2.45, 2.75) is 26.7 Å². The molecule has 0 spiro atoms. The van der Waals surface area contributed by atoms with E-state index in [9.17, 15) is 0 Å². The predicted octanol–water partition coefficient (Wildman–Crippen LogP) is 4.56. The molecule has 0 aliphatic rings. The van der Waals surface area contributed by atoms with Crippen LogP contribution in [0.25, 0.3) is 0 Å². The predicted molar refractivity (Wildman–Crippen MR) is 68.0 cm³/mol. The summed E-state index contributed by atoms with van der Waals surface area (Å²) >= 11 is 0. The normalized spacial score (nSPS) is 15.9. The Morgan fingerprint density at radius 3 is 2.27 bits per heavy atom. The molecule has 0 aromatic heterocycles. The molecule has 80 valence electrons. The van der Waals surface area contributed by atoms with E-state index in [0.29, 0.717) is 11.8 Å². The van der Waals surface area contributed by atoms with Gasteiger partial charge in [-0.05, 0) is 24.3 Å². The van der Waals surface area contributed by atoms with Crippen LogP contribution in [0.1, 0.15) is 32.3 Å². The first-order valence-corrected chi connectivity index (χ1v) is 5.60. The van der Waals surface area contributed by atoms with Crippen LogP contribution < -0.4 is 0 Å². The van der Waals surface area contributed by atoms with Crippen LogP contribution >= 0.6 is 0 Å². The summed E-state index contributed by atoms with van der Waals surface area (Å²) in [5, 5.41) is 0. The van der Waals surface area contributed by atoms with Gasteiger partial charge in [-0.25, -0.2) is 0 Å². The van der Waals surface area contributed by atoms with Gasteiger partial charge in [-0.2, -0.15) is 0 Å². The number of rotatable bonds is 4. The Balaban J connectivity index is 2.64. The van der Waals surface area contributed by atoms with Crippen molar-refractivity contribution in [1.82, 2.24) is 0 Å². The summed E-state index contributed by atoms with van der Waals surface area (Å²) in [7, 11) is 0. The molecule has 0 amide bonds. The molecule has 0 saturated heterocycles. The molecule has 0 heteroatoms. The summed E-state index contributed by atoms with van der Waals surface area (Å²) in [4.78, 5) is 0. The van der Waals surface area contributed by atoms with Gasteiger partial charge in [0.05, 0.1) is 0 Å². The van der Waals surface area contributed by atoms with E-state index in [1.807, 2.05) is 6.92 Å². The van der Waals surface area contributed by atoms with Crippen LogP contribution in [-0.4, -0.2) is 0 Å². The van der Waals surface area contributed by atoms with Crippen LogP contribution in [0, 0.1) is 5.92 Å². The largest absolute Gasteiger partial charge is 0.0877 e. The molecule has 0 saturated carbocycles. The molecule has 0 aliphatic heterocycles. The average molecular weight is 200 g/mol. The topological polar surface area (TPSA) is 0 Å². The van der Waals surface area contributed by atoms with E-state index in [1.54, 1.807) is 0 Å². The van der Waals surface area contributed by atoms with E-state index in [1.165, 1.54) is 5.56 Å². The molecular weight excluding hydrogens is 180 g/mol. The van der Waals surface area contributed by atoms with Crippen molar-refractivity contribution >= 4 is 0 Å². The molecule has 0 heterocycles. The number of allylic oxidation sites excluding steroid dienone is 4. The van der Waals surface area contributed by atoms with Crippen LogP contribution in [0.15, 0.2) is 54.6 Å². The first-order chi connectivity index (χ1) is 7.25. The Bertz CT molecular complexity index is 319. The standard InChI is InChI=1S/C15H20/c1-4-5-7-10-13(2)14(3)15-11-8-6-9-12-15/h4-14H,1-3H3/b5-4-,10-7-. The highest BCUT2D eigenvalue weighted by Gasteiger charge is 2.10. The van der Waals surface area contributed by atoms with Crippen molar-refractivity contribution in [1.29, 1.82) is 0 Å². The quantitative estimate of drug-likeness (QED) is 0.625. The summed E-state index contributed by atoms with van der Waals surface area (Å²) in [6, 6.07) is 10.7. The maximum atomic E-state index is 2.28. The third kappa shape index (κ3) is 3.75. The molecule has 0 nitrogen and oxygen atoms in total. The molecule has 0 radical (unpaired) electrons. The third-order valence-corrected chi connectivity index (χ3v) is 2.83. The van der Waals surface area contributed by atoms with Crippen molar-refractivity contribution in [3.8, 4) is 0 Å². The van der Waals surface area contributed by atoms with Crippen LogP contribution in [0.2, 0.25) is 0 Å². The molecule has 0 N–H and O–H groups in total. The summed E-state index contributed by atoms with van der Waals surface area (Å²) in [5.74, 6) is 1.15. The molecule has 15 heavy (non-hydrogen) atoms. The van der Waals surface area contributed by atoms with Gasteiger partial charge in [-0.15, -0.1) is 0 Å². The summed E-state index contributed by atoms with van der Waals surface area (Å²) in [6.07, 6.45) is 8.52. The van der Waals surface area contributed by atoms with E-state index in [4.69, 9.17) is 0 Å². The van der Waals surface area contributed by atoms with Crippen LogP contribution in [-0.2, 0) is 0 Å². The maximum Gasteiger partial charge on any atom is -0.0130 e. The fourth-order valence-electron chi connectivity index (χ4n) is 1.58. The van der Waals surface area contributed by atoms with E-state index >= 15 is 0 Å². The van der Waals surface area contributed by atoms with Crippen molar-refractivity contribution < 1.29 is 0 Å². The highest BCUT2D eigenvalue weighted by molar-refractivity contribution is 5.21. The van der Waals surface area contributed by atoms with Gasteiger partial charge >= 0.3 is 0 Å². The van der Waals surface area contributed by atoms with Crippen LogP contribution in [0.5, 0.6) is 0 Å². The summed E-state index contributed by atoms with van der Waals surface area (Å²) < 4.78 is 0. The molecule has 1 aromatic rings. The molecule has 1 rings (SSSR count). The molecule has 0 aliphatic carbocycles. The Morgan fingerprint density at radius 2 is 1.67 bits per heavy atom. The lowest BCUT2D eigenvalue weighted by molar-refractivity contribution is 0.591. The van der Waals surface area contributed by atoms with E-state index in [2.05, 4.69) is 68.5 Å². The molecule has 2 unspecified atom stereocenters. The maximum absolute atomic E-state index is 2.28. The van der Waals surface area contributed by atoms with Crippen molar-refractivity contribution in [2.75, 3.05) is 0 Å². The van der Waals surface area contributed by atoms with Gasteiger partial charge in [-0.3, -0.25) is 0 Å². The molecule has 1 aromatic carbocycles. The molecular formula is C15H20. The van der Waals surface area contributed by atoms with Gasteiger partial charge in [0.15, 0.2) is 0 Å². The Morgan fingerprint density at radius 1 is 1.00 bits per heavy atom. The second-order valence-corrected chi connectivity index (χ2v) is 3.97. The first-order valence-electron chi connectivity index (χ1n) is 5.60. The van der Waals surface area contributed by atoms with Gasteiger partial charge in [0.25, 0.3) is 0 Å². The molecule has 0 fully saturated rings. The zero-order valence-corrected chi connectivity index (χ0v) is 9.85. The Hall–Kier alpha value is -1.30. The van der Waals surface area contributed by atoms with Gasteiger partial charge < -0.3 is 0 Å². The lowest BCUT2D eigenvalue weighted by atomic mass is 9.89. The minimum absolute atomic E-state index is 0.573. The summed E-state index contributed by atoms with van der Waals surface area (Å²) in [5.41, 5.74) is 1.41. The van der Waals surface area contributed by atoms with Crippen molar-refractivity contribution in [3.63, 3.8) is 0 Å². The lowest BCUT2D eigenvalue weighted by Crippen LogP contribution is -2.02. The average Bonchev–Trinajstić information content (AvgIpc) is 2.29. The number of hydrogen-bond acceptors (Lipinski definition) is 0. The summed E-state index contributed by atoms with van der Waals surface area (Å²) in [6.45, 7) is 6.58. The van der Waals surface area contributed by atoms with E-state index in [0.717, 1.165) is 0 Å². The Kier molecular flexibility index (Phi) is 4.89. The second kappa shape index (κ2) is 6.23. The minimum Gasteiger partial charge on any atom is -0.0877 e. The highest BCUT2D eigenvalue weighted by Crippen LogP contribution is 2.24. The van der Waals surface area contributed by atoms with E-state index < -0.39 is 0 Å². The first kappa shape index (κ1) is 11.8. The number of benzene rings is 1. The lowest BCUT2D eigenvalue weighted by Gasteiger charge is -2.16. The number of hydrogen-bond donors (Lipinski definition) is 0. The van der Waals surface area contributed by atoms with Gasteiger partial charge in [0.2, 0.25) is 0 Å². The molecule has 0 bridgehead atoms. The van der Waals surface area contributed by atoms with Crippen molar-refractivity contribution in [3.05, 3.63) is 60.2 Å². The monoisotopic (exact) mass is 200 g/mol. The zero-order chi connectivity index (χ0) is 11.1. The zero-order valence-electron chi connectivity index (χ0n) is 9.85. The van der Waals surface area contributed by atoms with E-state index in [-0.39, 0.29) is 0 Å².